The van der Waals surface area contributed by atoms with Gasteiger partial charge in [-0.3, -0.25) is 4.72 Å². The zero-order chi connectivity index (χ0) is 15.6. The Morgan fingerprint density at radius 1 is 1.14 bits per heavy atom. The lowest BCUT2D eigenvalue weighted by molar-refractivity contribution is 0.388. The molecule has 2 rings (SSSR count). The van der Waals surface area contributed by atoms with Gasteiger partial charge in [-0.15, -0.1) is 0 Å². The average molecular weight is 314 g/mol. The summed E-state index contributed by atoms with van der Waals surface area (Å²) in [4.78, 5) is -0.429. The fraction of sp³-hybridized carbons (Fsp3) is 0.0769. The van der Waals surface area contributed by atoms with E-state index >= 15 is 0 Å². The third-order valence-electron chi connectivity index (χ3n) is 2.68. The van der Waals surface area contributed by atoms with Crippen LogP contribution in [-0.4, -0.2) is 15.5 Å². The molecule has 0 bridgehead atoms. The van der Waals surface area contributed by atoms with Crippen molar-refractivity contribution in [2.24, 2.45) is 0 Å². The molecular formula is C13H12F2N2O3S. The van der Waals surface area contributed by atoms with E-state index in [0.29, 0.717) is 0 Å². The minimum Gasteiger partial charge on any atom is -0.492 e. The van der Waals surface area contributed by atoms with E-state index in [2.05, 4.69) is 0 Å². The van der Waals surface area contributed by atoms with Crippen molar-refractivity contribution in [2.45, 2.75) is 4.90 Å². The molecular weight excluding hydrogens is 302 g/mol. The molecule has 0 fully saturated rings. The van der Waals surface area contributed by atoms with Crippen LogP contribution in [-0.2, 0) is 10.0 Å². The summed E-state index contributed by atoms with van der Waals surface area (Å²) in [7, 11) is -2.96. The van der Waals surface area contributed by atoms with Crippen molar-refractivity contribution >= 4 is 21.4 Å². The number of ether oxygens (including phenoxy) is 1. The summed E-state index contributed by atoms with van der Waals surface area (Å²) in [5.74, 6) is -1.92. The fourth-order valence-electron chi connectivity index (χ4n) is 1.71. The highest BCUT2D eigenvalue weighted by atomic mass is 32.2. The topological polar surface area (TPSA) is 81.4 Å². The SMILES string of the molecule is COc1c(N)cc(S(=O)(=O)Nc2ccccc2F)cc1F. The first-order valence-electron chi connectivity index (χ1n) is 5.75. The highest BCUT2D eigenvalue weighted by Crippen LogP contribution is 2.29. The van der Waals surface area contributed by atoms with Crippen LogP contribution in [0.1, 0.15) is 0 Å². The Morgan fingerprint density at radius 3 is 2.38 bits per heavy atom. The first-order valence-corrected chi connectivity index (χ1v) is 7.24. The molecule has 0 aromatic heterocycles. The molecule has 0 radical (unpaired) electrons. The Bertz CT molecular complexity index is 756. The number of sulfonamides is 1. The second-order valence-corrected chi connectivity index (χ2v) is 5.80. The zero-order valence-electron chi connectivity index (χ0n) is 10.9. The molecule has 0 atom stereocenters. The van der Waals surface area contributed by atoms with Gasteiger partial charge < -0.3 is 10.5 Å². The van der Waals surface area contributed by atoms with E-state index in [1.165, 1.54) is 25.3 Å². The van der Waals surface area contributed by atoms with Crippen molar-refractivity contribution in [2.75, 3.05) is 17.6 Å². The number of anilines is 2. The van der Waals surface area contributed by atoms with Crippen LogP contribution < -0.4 is 15.2 Å². The Hall–Kier alpha value is -2.35. The molecule has 8 heteroatoms. The Labute approximate surface area is 120 Å². The maximum atomic E-state index is 13.7. The second-order valence-electron chi connectivity index (χ2n) is 4.11. The minimum absolute atomic E-state index is 0.175. The molecule has 112 valence electrons. The van der Waals surface area contributed by atoms with E-state index in [1.807, 2.05) is 4.72 Å². The summed E-state index contributed by atoms with van der Waals surface area (Å²) in [5, 5.41) is 0. The van der Waals surface area contributed by atoms with Crippen molar-refractivity contribution in [1.29, 1.82) is 0 Å². The Morgan fingerprint density at radius 2 is 1.81 bits per heavy atom. The van der Waals surface area contributed by atoms with Crippen molar-refractivity contribution in [3.63, 3.8) is 0 Å². The van der Waals surface area contributed by atoms with Gasteiger partial charge in [-0.05, 0) is 24.3 Å². The van der Waals surface area contributed by atoms with Crippen LogP contribution in [0.5, 0.6) is 5.75 Å². The number of nitrogens with two attached hydrogens (primary N) is 1. The highest BCUT2D eigenvalue weighted by molar-refractivity contribution is 7.92. The van der Waals surface area contributed by atoms with Gasteiger partial charge in [0.2, 0.25) is 0 Å². The molecule has 5 nitrogen and oxygen atoms in total. The molecule has 0 saturated carbocycles. The molecule has 0 unspecified atom stereocenters. The molecule has 0 saturated heterocycles. The standard InChI is InChI=1S/C13H12F2N2O3S/c1-20-13-10(15)6-8(7-11(13)16)21(18,19)17-12-5-3-2-4-9(12)14/h2-7,17H,16H2,1H3. The maximum Gasteiger partial charge on any atom is 0.262 e. The van der Waals surface area contributed by atoms with Crippen molar-refractivity contribution in [3.8, 4) is 5.75 Å². The third-order valence-corrected chi connectivity index (χ3v) is 4.02. The quantitative estimate of drug-likeness (QED) is 0.849. The lowest BCUT2D eigenvalue weighted by atomic mass is 10.3. The number of methoxy groups -OCH3 is 1. The first-order chi connectivity index (χ1) is 9.85. The number of benzene rings is 2. The van der Waals surface area contributed by atoms with Gasteiger partial charge in [-0.2, -0.15) is 0 Å². The summed E-state index contributed by atoms with van der Waals surface area (Å²) < 4.78 is 58.1. The molecule has 2 aromatic carbocycles. The minimum atomic E-state index is -4.17. The Kier molecular flexibility index (Phi) is 3.99. The lowest BCUT2D eigenvalue weighted by Crippen LogP contribution is -2.15. The van der Waals surface area contributed by atoms with E-state index in [4.69, 9.17) is 10.5 Å². The van der Waals surface area contributed by atoms with Gasteiger partial charge in [0, 0.05) is 0 Å². The molecule has 0 spiro atoms. The van der Waals surface area contributed by atoms with Crippen LogP contribution in [0.15, 0.2) is 41.3 Å². The van der Waals surface area contributed by atoms with Crippen LogP contribution in [0.2, 0.25) is 0 Å². The van der Waals surface area contributed by atoms with E-state index in [1.54, 1.807) is 0 Å². The summed E-state index contributed by atoms with van der Waals surface area (Å²) in [5.41, 5.74) is 5.10. The molecule has 0 aliphatic rings. The normalized spacial score (nSPS) is 11.2. The Balaban J connectivity index is 2.43. The van der Waals surface area contributed by atoms with Crippen molar-refractivity contribution in [1.82, 2.24) is 0 Å². The number of nitrogens with one attached hydrogen (secondary N) is 1. The van der Waals surface area contributed by atoms with Gasteiger partial charge >= 0.3 is 0 Å². The number of halogens is 2. The predicted molar refractivity (Wildman–Crippen MR) is 74.6 cm³/mol. The van der Waals surface area contributed by atoms with Crippen LogP contribution in [0.25, 0.3) is 0 Å². The third kappa shape index (κ3) is 3.05. The average Bonchev–Trinajstić information content (AvgIpc) is 2.41. The van der Waals surface area contributed by atoms with Gasteiger partial charge in [0.25, 0.3) is 10.0 Å². The molecule has 3 N–H and O–H groups in total. The van der Waals surface area contributed by atoms with E-state index in [0.717, 1.165) is 18.2 Å². The van der Waals surface area contributed by atoms with E-state index < -0.39 is 26.6 Å². The monoisotopic (exact) mass is 314 g/mol. The fourth-order valence-corrected chi connectivity index (χ4v) is 2.82. The maximum absolute atomic E-state index is 13.7. The van der Waals surface area contributed by atoms with Gasteiger partial charge in [-0.1, -0.05) is 12.1 Å². The summed E-state index contributed by atoms with van der Waals surface area (Å²) in [6.45, 7) is 0. The molecule has 0 aliphatic heterocycles. The van der Waals surface area contributed by atoms with Crippen molar-refractivity contribution in [3.05, 3.63) is 48.0 Å². The largest absolute Gasteiger partial charge is 0.492 e. The van der Waals surface area contributed by atoms with Gasteiger partial charge in [0.05, 0.1) is 23.4 Å². The molecule has 0 aliphatic carbocycles. The summed E-state index contributed by atoms with van der Waals surface area (Å²) >= 11 is 0. The molecule has 0 heterocycles. The number of para-hydroxylation sites is 1. The first kappa shape index (κ1) is 15.0. The van der Waals surface area contributed by atoms with Crippen LogP contribution >= 0.6 is 0 Å². The molecule has 0 amide bonds. The van der Waals surface area contributed by atoms with E-state index in [-0.39, 0.29) is 17.1 Å². The van der Waals surface area contributed by atoms with Crippen LogP contribution in [0, 0.1) is 11.6 Å². The van der Waals surface area contributed by atoms with Gasteiger partial charge in [0.1, 0.15) is 5.82 Å². The predicted octanol–water partition coefficient (Wildman–Crippen LogP) is 2.36. The lowest BCUT2D eigenvalue weighted by Gasteiger charge is -2.11. The smallest absolute Gasteiger partial charge is 0.262 e. The van der Waals surface area contributed by atoms with Crippen molar-refractivity contribution < 1.29 is 21.9 Å². The number of hydrogen-bond donors (Lipinski definition) is 2. The summed E-state index contributed by atoms with van der Waals surface area (Å²) in [6.07, 6.45) is 0. The second kappa shape index (κ2) is 5.57. The molecule has 2 aromatic rings. The van der Waals surface area contributed by atoms with E-state index in [9.17, 15) is 17.2 Å². The molecule has 21 heavy (non-hydrogen) atoms. The highest BCUT2D eigenvalue weighted by Gasteiger charge is 2.20. The summed E-state index contributed by atoms with van der Waals surface area (Å²) in [6, 6.07) is 7.00. The van der Waals surface area contributed by atoms with Gasteiger partial charge in [0.15, 0.2) is 11.6 Å². The zero-order valence-corrected chi connectivity index (χ0v) is 11.7. The van der Waals surface area contributed by atoms with Crippen LogP contribution in [0.3, 0.4) is 0 Å². The van der Waals surface area contributed by atoms with Crippen LogP contribution in [0.4, 0.5) is 20.2 Å². The number of hydrogen-bond acceptors (Lipinski definition) is 4. The number of nitrogen functional groups attached to an aromatic ring is 1. The number of rotatable bonds is 4. The van der Waals surface area contributed by atoms with Gasteiger partial charge in [-0.25, -0.2) is 17.2 Å².